The van der Waals surface area contributed by atoms with Crippen molar-refractivity contribution in [2.45, 2.75) is 46.0 Å². The summed E-state index contributed by atoms with van der Waals surface area (Å²) in [6.07, 6.45) is 3.70. The van der Waals surface area contributed by atoms with Gasteiger partial charge in [0.25, 0.3) is 0 Å². The SMILES string of the molecule is CCc1ccc(NC(=O)OCCCCCC(C)=O)cc1. The highest BCUT2D eigenvalue weighted by Crippen LogP contribution is 2.10. The van der Waals surface area contributed by atoms with Crippen LogP contribution in [0.4, 0.5) is 10.5 Å². The van der Waals surface area contributed by atoms with E-state index in [-0.39, 0.29) is 5.78 Å². The van der Waals surface area contributed by atoms with Crippen molar-refractivity contribution in [3.8, 4) is 0 Å². The summed E-state index contributed by atoms with van der Waals surface area (Å²) in [4.78, 5) is 22.3. The molecule has 1 N–H and O–H groups in total. The standard InChI is InChI=1S/C16H23NO3/c1-3-14-8-10-15(11-9-14)17-16(19)20-12-6-4-5-7-13(2)18/h8-11H,3-7,12H2,1-2H3,(H,17,19). The second-order valence-electron chi connectivity index (χ2n) is 4.82. The number of amides is 1. The molecule has 0 saturated carbocycles. The second kappa shape index (κ2) is 9.13. The number of carbonyl (C=O) groups excluding carboxylic acids is 2. The molecule has 0 fully saturated rings. The Morgan fingerprint density at radius 3 is 2.40 bits per heavy atom. The van der Waals surface area contributed by atoms with Gasteiger partial charge >= 0.3 is 6.09 Å². The Morgan fingerprint density at radius 1 is 1.10 bits per heavy atom. The first-order valence-electron chi connectivity index (χ1n) is 7.14. The highest BCUT2D eigenvalue weighted by atomic mass is 16.5. The van der Waals surface area contributed by atoms with Crippen LogP contribution in [0.25, 0.3) is 0 Å². The van der Waals surface area contributed by atoms with Crippen LogP contribution in [0.15, 0.2) is 24.3 Å². The molecule has 0 atom stereocenters. The number of carbonyl (C=O) groups is 2. The minimum atomic E-state index is -0.430. The zero-order valence-electron chi connectivity index (χ0n) is 12.3. The van der Waals surface area contributed by atoms with E-state index in [0.717, 1.165) is 31.4 Å². The zero-order valence-corrected chi connectivity index (χ0v) is 12.3. The van der Waals surface area contributed by atoms with Gasteiger partial charge in [-0.3, -0.25) is 5.32 Å². The number of benzene rings is 1. The van der Waals surface area contributed by atoms with Crippen LogP contribution in [-0.2, 0) is 16.0 Å². The van der Waals surface area contributed by atoms with Gasteiger partial charge in [0.2, 0.25) is 0 Å². The van der Waals surface area contributed by atoms with Crippen molar-refractivity contribution < 1.29 is 14.3 Å². The van der Waals surface area contributed by atoms with Gasteiger partial charge < -0.3 is 9.53 Å². The maximum Gasteiger partial charge on any atom is 0.411 e. The molecule has 4 heteroatoms. The van der Waals surface area contributed by atoms with Gasteiger partial charge in [0, 0.05) is 12.1 Å². The molecule has 0 aliphatic rings. The van der Waals surface area contributed by atoms with E-state index in [1.165, 1.54) is 5.56 Å². The van der Waals surface area contributed by atoms with Gasteiger partial charge in [-0.05, 0) is 50.3 Å². The Bertz CT molecular complexity index is 426. The lowest BCUT2D eigenvalue weighted by Crippen LogP contribution is -2.14. The van der Waals surface area contributed by atoms with E-state index < -0.39 is 6.09 Å². The molecule has 4 nitrogen and oxygen atoms in total. The van der Waals surface area contributed by atoms with Crippen molar-refractivity contribution in [2.75, 3.05) is 11.9 Å². The minimum Gasteiger partial charge on any atom is -0.449 e. The Balaban J connectivity index is 2.15. The summed E-state index contributed by atoms with van der Waals surface area (Å²) in [6, 6.07) is 7.70. The summed E-state index contributed by atoms with van der Waals surface area (Å²) in [5, 5.41) is 2.69. The zero-order chi connectivity index (χ0) is 14.8. The number of hydrogen-bond donors (Lipinski definition) is 1. The molecule has 1 aromatic rings. The smallest absolute Gasteiger partial charge is 0.411 e. The number of unbranched alkanes of at least 4 members (excludes halogenated alkanes) is 2. The summed E-state index contributed by atoms with van der Waals surface area (Å²) in [7, 11) is 0. The van der Waals surface area contributed by atoms with Crippen LogP contribution < -0.4 is 5.32 Å². The second-order valence-corrected chi connectivity index (χ2v) is 4.82. The van der Waals surface area contributed by atoms with E-state index in [0.29, 0.717) is 13.0 Å². The van der Waals surface area contributed by atoms with Crippen molar-refractivity contribution in [1.82, 2.24) is 0 Å². The van der Waals surface area contributed by atoms with Crippen LogP contribution in [-0.4, -0.2) is 18.5 Å². The summed E-state index contributed by atoms with van der Waals surface area (Å²) in [6.45, 7) is 4.06. The van der Waals surface area contributed by atoms with Gasteiger partial charge in [-0.25, -0.2) is 4.79 Å². The van der Waals surface area contributed by atoms with Crippen LogP contribution in [0.1, 0.15) is 45.1 Å². The van der Waals surface area contributed by atoms with Gasteiger partial charge in [0.15, 0.2) is 0 Å². The van der Waals surface area contributed by atoms with Crippen LogP contribution in [0.3, 0.4) is 0 Å². The first kappa shape index (κ1) is 16.2. The first-order valence-corrected chi connectivity index (χ1v) is 7.14. The third-order valence-electron chi connectivity index (χ3n) is 3.01. The van der Waals surface area contributed by atoms with Gasteiger partial charge in [0.1, 0.15) is 5.78 Å². The summed E-state index contributed by atoms with van der Waals surface area (Å²) in [5.41, 5.74) is 1.97. The van der Waals surface area contributed by atoms with E-state index in [1.54, 1.807) is 6.92 Å². The minimum absolute atomic E-state index is 0.208. The predicted octanol–water partition coefficient (Wildman–Crippen LogP) is 3.95. The number of hydrogen-bond acceptors (Lipinski definition) is 3. The predicted molar refractivity (Wildman–Crippen MR) is 79.9 cm³/mol. The monoisotopic (exact) mass is 277 g/mol. The lowest BCUT2D eigenvalue weighted by atomic mass is 10.1. The summed E-state index contributed by atoms with van der Waals surface area (Å²) >= 11 is 0. The molecule has 0 heterocycles. The van der Waals surface area contributed by atoms with Crippen LogP contribution in [0.5, 0.6) is 0 Å². The lowest BCUT2D eigenvalue weighted by molar-refractivity contribution is -0.117. The van der Waals surface area contributed by atoms with E-state index in [2.05, 4.69) is 12.2 Å². The Kier molecular flexibility index (Phi) is 7.40. The third-order valence-corrected chi connectivity index (χ3v) is 3.01. The number of ketones is 1. The number of Topliss-reactive ketones (excluding diaryl/α,β-unsaturated/α-hetero) is 1. The molecule has 0 aliphatic heterocycles. The first-order chi connectivity index (χ1) is 9.61. The van der Waals surface area contributed by atoms with E-state index in [9.17, 15) is 9.59 Å². The fraction of sp³-hybridized carbons (Fsp3) is 0.500. The van der Waals surface area contributed by atoms with Crippen molar-refractivity contribution >= 4 is 17.6 Å². The van der Waals surface area contributed by atoms with Gasteiger partial charge in [-0.2, -0.15) is 0 Å². The molecule has 110 valence electrons. The average Bonchev–Trinajstić information content (AvgIpc) is 2.43. The van der Waals surface area contributed by atoms with Crippen molar-refractivity contribution in [3.05, 3.63) is 29.8 Å². The molecular formula is C16H23NO3. The number of aryl methyl sites for hydroxylation is 1. The number of anilines is 1. The summed E-state index contributed by atoms with van der Waals surface area (Å²) in [5.74, 6) is 0.208. The van der Waals surface area contributed by atoms with Crippen LogP contribution >= 0.6 is 0 Å². The molecule has 1 amide bonds. The number of nitrogens with one attached hydrogen (secondary N) is 1. The van der Waals surface area contributed by atoms with E-state index >= 15 is 0 Å². The number of rotatable bonds is 8. The molecule has 0 aromatic heterocycles. The van der Waals surface area contributed by atoms with Gasteiger partial charge in [-0.15, -0.1) is 0 Å². The third kappa shape index (κ3) is 6.92. The molecule has 0 bridgehead atoms. The fourth-order valence-electron chi connectivity index (χ4n) is 1.80. The lowest BCUT2D eigenvalue weighted by Gasteiger charge is -2.07. The normalized spacial score (nSPS) is 10.1. The highest BCUT2D eigenvalue weighted by molar-refractivity contribution is 5.84. The maximum atomic E-state index is 11.5. The molecular weight excluding hydrogens is 254 g/mol. The Labute approximate surface area is 120 Å². The van der Waals surface area contributed by atoms with Crippen molar-refractivity contribution in [2.24, 2.45) is 0 Å². The van der Waals surface area contributed by atoms with Gasteiger partial charge in [0.05, 0.1) is 6.61 Å². The average molecular weight is 277 g/mol. The Hall–Kier alpha value is -1.84. The molecule has 0 radical (unpaired) electrons. The molecule has 1 rings (SSSR count). The Morgan fingerprint density at radius 2 is 1.80 bits per heavy atom. The molecule has 0 aliphatic carbocycles. The van der Waals surface area contributed by atoms with Gasteiger partial charge in [-0.1, -0.05) is 19.1 Å². The van der Waals surface area contributed by atoms with E-state index in [1.807, 2.05) is 24.3 Å². The van der Waals surface area contributed by atoms with Crippen molar-refractivity contribution in [3.63, 3.8) is 0 Å². The highest BCUT2D eigenvalue weighted by Gasteiger charge is 2.03. The maximum absolute atomic E-state index is 11.5. The van der Waals surface area contributed by atoms with Crippen LogP contribution in [0.2, 0.25) is 0 Å². The molecule has 0 unspecified atom stereocenters. The quantitative estimate of drug-likeness (QED) is 0.732. The number of ether oxygens (including phenoxy) is 1. The van der Waals surface area contributed by atoms with Crippen molar-refractivity contribution in [1.29, 1.82) is 0 Å². The fourth-order valence-corrected chi connectivity index (χ4v) is 1.80. The molecule has 0 spiro atoms. The summed E-state index contributed by atoms with van der Waals surface area (Å²) < 4.78 is 5.07. The van der Waals surface area contributed by atoms with E-state index in [4.69, 9.17) is 4.74 Å². The van der Waals surface area contributed by atoms with Crippen LogP contribution in [0, 0.1) is 0 Å². The molecule has 0 saturated heterocycles. The largest absolute Gasteiger partial charge is 0.449 e. The molecule has 20 heavy (non-hydrogen) atoms. The topological polar surface area (TPSA) is 55.4 Å². The molecule has 1 aromatic carbocycles.